The van der Waals surface area contributed by atoms with Crippen LogP contribution < -0.4 is 0 Å². The number of rotatable bonds is 2. The van der Waals surface area contributed by atoms with Crippen molar-refractivity contribution in [3.63, 3.8) is 0 Å². The number of nitrogens with zero attached hydrogens (tertiary/aromatic N) is 1. The fraction of sp³-hybridized carbons (Fsp3) is 0.577. The summed E-state index contributed by atoms with van der Waals surface area (Å²) in [5, 5.41) is 11.2. The predicted octanol–water partition coefficient (Wildman–Crippen LogP) is 6.56. The Hall–Kier alpha value is -1.92. The minimum atomic E-state index is -4.37. The van der Waals surface area contributed by atoms with E-state index in [1.54, 1.807) is 0 Å². The molecule has 2 aliphatic carbocycles. The van der Waals surface area contributed by atoms with Gasteiger partial charge in [-0.05, 0) is 60.8 Å². The van der Waals surface area contributed by atoms with Gasteiger partial charge in [0, 0.05) is 22.5 Å². The van der Waals surface area contributed by atoms with Crippen LogP contribution in [0.4, 0.5) is 13.2 Å². The van der Waals surface area contributed by atoms with E-state index in [1.807, 2.05) is 0 Å². The fourth-order valence-electron chi connectivity index (χ4n) is 6.14. The number of halogens is 3. The summed E-state index contributed by atoms with van der Waals surface area (Å²) in [4.78, 5) is 5.02. The summed E-state index contributed by atoms with van der Waals surface area (Å²) in [7, 11) is 0. The van der Waals surface area contributed by atoms with Crippen LogP contribution in [0, 0.1) is 5.41 Å². The van der Waals surface area contributed by atoms with Gasteiger partial charge < -0.3 is 9.84 Å². The van der Waals surface area contributed by atoms with Crippen LogP contribution in [-0.2, 0) is 29.4 Å². The maximum absolute atomic E-state index is 13.1. The van der Waals surface area contributed by atoms with Crippen LogP contribution in [0.5, 0.6) is 0 Å². The first-order chi connectivity index (χ1) is 15.0. The van der Waals surface area contributed by atoms with E-state index in [4.69, 9.17) is 9.72 Å². The van der Waals surface area contributed by atoms with Gasteiger partial charge in [0.15, 0.2) is 0 Å². The lowest BCUT2D eigenvalue weighted by Crippen LogP contribution is -2.31. The average molecular weight is 446 g/mol. The molecule has 5 rings (SSSR count). The summed E-state index contributed by atoms with van der Waals surface area (Å²) in [5.74, 6) is 0. The van der Waals surface area contributed by atoms with Crippen molar-refractivity contribution in [2.24, 2.45) is 5.41 Å². The third kappa shape index (κ3) is 3.38. The number of benzene rings is 1. The number of ether oxygens (including phenoxy) is 1. The highest BCUT2D eigenvalue weighted by Gasteiger charge is 2.52. The molecule has 2 atom stereocenters. The number of pyridine rings is 1. The van der Waals surface area contributed by atoms with Crippen molar-refractivity contribution in [1.29, 1.82) is 0 Å². The summed E-state index contributed by atoms with van der Waals surface area (Å²) in [5.41, 5.74) is 4.43. The van der Waals surface area contributed by atoms with Gasteiger partial charge in [-0.15, -0.1) is 0 Å². The minimum absolute atomic E-state index is 0.0339. The monoisotopic (exact) mass is 445 g/mol. The topological polar surface area (TPSA) is 42.4 Å². The quantitative estimate of drug-likeness (QED) is 0.569. The minimum Gasteiger partial charge on any atom is -0.388 e. The molecule has 0 bridgehead atoms. The van der Waals surface area contributed by atoms with E-state index >= 15 is 0 Å². The molecular weight excluding hydrogens is 415 g/mol. The van der Waals surface area contributed by atoms with Crippen molar-refractivity contribution >= 4 is 0 Å². The molecule has 1 aliphatic heterocycles. The molecule has 1 spiro atoms. The van der Waals surface area contributed by atoms with Crippen LogP contribution in [0.1, 0.15) is 104 Å². The number of aliphatic hydroxyl groups excluding tert-OH is 1. The first-order valence-electron chi connectivity index (χ1n) is 11.6. The molecule has 0 unspecified atom stereocenters. The highest BCUT2D eigenvalue weighted by Crippen LogP contribution is 2.59. The first kappa shape index (κ1) is 21.9. The highest BCUT2D eigenvalue weighted by atomic mass is 19.4. The second-order valence-corrected chi connectivity index (χ2v) is 10.4. The van der Waals surface area contributed by atoms with E-state index in [-0.39, 0.29) is 5.41 Å². The normalized spacial score (nSPS) is 25.7. The summed E-state index contributed by atoms with van der Waals surface area (Å²) in [6.07, 6.45) is 0.572. The number of hydrogen-bond acceptors (Lipinski definition) is 3. The zero-order valence-electron chi connectivity index (χ0n) is 18.9. The maximum Gasteiger partial charge on any atom is 0.416 e. The molecule has 0 saturated heterocycles. The van der Waals surface area contributed by atoms with Gasteiger partial charge in [0.2, 0.25) is 0 Å². The fourth-order valence-corrected chi connectivity index (χ4v) is 6.14. The Kier molecular flexibility index (Phi) is 4.99. The Balaban J connectivity index is 1.70. The number of fused-ring (bicyclic) bond motifs is 4. The molecule has 1 N–H and O–H groups in total. The summed E-state index contributed by atoms with van der Waals surface area (Å²) in [6.45, 7) is 6.38. The van der Waals surface area contributed by atoms with E-state index in [0.717, 1.165) is 72.3 Å². The second kappa shape index (κ2) is 7.29. The lowest BCUT2D eigenvalue weighted by molar-refractivity contribution is -0.137. The van der Waals surface area contributed by atoms with Crippen molar-refractivity contribution in [1.82, 2.24) is 4.98 Å². The zero-order valence-corrected chi connectivity index (χ0v) is 18.9. The van der Waals surface area contributed by atoms with Crippen molar-refractivity contribution < 1.29 is 23.0 Å². The highest BCUT2D eigenvalue weighted by molar-refractivity contribution is 5.54. The molecule has 1 saturated carbocycles. The van der Waals surface area contributed by atoms with Gasteiger partial charge in [-0.3, -0.25) is 4.98 Å². The van der Waals surface area contributed by atoms with Gasteiger partial charge in [-0.25, -0.2) is 0 Å². The molecule has 172 valence electrons. The third-order valence-corrected chi connectivity index (χ3v) is 7.50. The molecule has 3 aliphatic rings. The second-order valence-electron chi connectivity index (χ2n) is 10.4. The number of aromatic nitrogens is 1. The van der Waals surface area contributed by atoms with E-state index < -0.39 is 29.5 Å². The van der Waals surface area contributed by atoms with E-state index in [2.05, 4.69) is 20.8 Å². The SMILES string of the molecule is CCc1nc2c(c3c1[C@@H](c1ccc(C(F)(F)F)cc1)OC31CCCC1)[C@@H](O)CC(C)(C)C2. The van der Waals surface area contributed by atoms with E-state index in [1.165, 1.54) is 12.1 Å². The molecule has 0 radical (unpaired) electrons. The van der Waals surface area contributed by atoms with Gasteiger partial charge in [0.25, 0.3) is 0 Å². The molecule has 1 fully saturated rings. The van der Waals surface area contributed by atoms with Crippen LogP contribution in [-0.4, -0.2) is 10.1 Å². The molecule has 32 heavy (non-hydrogen) atoms. The number of aryl methyl sites for hydroxylation is 1. The molecule has 0 amide bonds. The maximum atomic E-state index is 13.1. The molecule has 2 aromatic rings. The Labute approximate surface area is 187 Å². The summed E-state index contributed by atoms with van der Waals surface area (Å²) >= 11 is 0. The number of hydrogen-bond donors (Lipinski definition) is 1. The summed E-state index contributed by atoms with van der Waals surface area (Å²) in [6, 6.07) is 5.33. The number of aliphatic hydroxyl groups is 1. The lowest BCUT2D eigenvalue weighted by Gasteiger charge is -2.37. The van der Waals surface area contributed by atoms with E-state index in [9.17, 15) is 18.3 Å². The molecule has 1 aromatic carbocycles. The van der Waals surface area contributed by atoms with Crippen LogP contribution >= 0.6 is 0 Å². The van der Waals surface area contributed by atoms with Crippen molar-refractivity contribution in [2.75, 3.05) is 0 Å². The third-order valence-electron chi connectivity index (χ3n) is 7.50. The Morgan fingerprint density at radius 1 is 1.09 bits per heavy atom. The largest absolute Gasteiger partial charge is 0.416 e. The standard InChI is InChI=1S/C26H30F3NO2/c1-4-17-21-22(20-18(30-17)13-24(2,3)14-19(20)31)25(11-5-6-12-25)32-23(21)15-7-9-16(10-8-15)26(27,28)29/h7-10,19,23,31H,4-6,11-14H2,1-3H3/t19-,23+/m0/s1. The number of alkyl halides is 3. The van der Waals surface area contributed by atoms with Crippen molar-refractivity contribution in [2.45, 2.75) is 89.7 Å². The lowest BCUT2D eigenvalue weighted by atomic mass is 9.71. The van der Waals surface area contributed by atoms with Crippen molar-refractivity contribution in [3.05, 3.63) is 63.5 Å². The van der Waals surface area contributed by atoms with Crippen molar-refractivity contribution in [3.8, 4) is 0 Å². The molecule has 6 heteroatoms. The first-order valence-corrected chi connectivity index (χ1v) is 11.6. The summed E-state index contributed by atoms with van der Waals surface area (Å²) < 4.78 is 46.1. The van der Waals surface area contributed by atoms with Crippen LogP contribution in [0.25, 0.3) is 0 Å². The zero-order chi connectivity index (χ0) is 22.9. The van der Waals surface area contributed by atoms with Gasteiger partial charge in [-0.2, -0.15) is 13.2 Å². The molecule has 2 heterocycles. The molecular formula is C26H30F3NO2. The Morgan fingerprint density at radius 2 is 1.75 bits per heavy atom. The average Bonchev–Trinajstić information content (AvgIpc) is 3.31. The van der Waals surface area contributed by atoms with E-state index in [0.29, 0.717) is 18.4 Å². The van der Waals surface area contributed by atoms with Crippen LogP contribution in [0.15, 0.2) is 24.3 Å². The molecule has 1 aromatic heterocycles. The Morgan fingerprint density at radius 3 is 2.34 bits per heavy atom. The van der Waals surface area contributed by atoms with Gasteiger partial charge in [0.1, 0.15) is 6.10 Å². The van der Waals surface area contributed by atoms with Gasteiger partial charge >= 0.3 is 6.18 Å². The van der Waals surface area contributed by atoms with Crippen LogP contribution in [0.2, 0.25) is 0 Å². The molecule has 3 nitrogen and oxygen atoms in total. The Bertz CT molecular complexity index is 1040. The predicted molar refractivity (Wildman–Crippen MR) is 115 cm³/mol. The van der Waals surface area contributed by atoms with Crippen LogP contribution in [0.3, 0.4) is 0 Å². The van der Waals surface area contributed by atoms with Gasteiger partial charge in [0.05, 0.1) is 17.3 Å². The van der Waals surface area contributed by atoms with Gasteiger partial charge in [-0.1, -0.05) is 45.7 Å². The smallest absolute Gasteiger partial charge is 0.388 e.